The molecule has 2 fully saturated rings. The van der Waals surface area contributed by atoms with Gasteiger partial charge in [-0.1, -0.05) is 55.3 Å². The van der Waals surface area contributed by atoms with Crippen LogP contribution < -0.4 is 5.32 Å². The standard InChI is InChI=1S/C26H31N7O2/c34-25(22-8-4-5-9-22)31-16-18-32(19-17-31)26(35)27-23-12-10-20(11-13-23)14-15-33-29-24(28-30-33)21-6-2-1-3-7-21/h1-3,6-7,10-13,22H,4-5,8-9,14-19H2,(H,27,35). The van der Waals surface area contributed by atoms with Gasteiger partial charge in [0.1, 0.15) is 0 Å². The number of tetrazole rings is 1. The Morgan fingerprint density at radius 1 is 0.886 bits per heavy atom. The lowest BCUT2D eigenvalue weighted by Gasteiger charge is -2.36. The topological polar surface area (TPSA) is 96.2 Å². The first-order chi connectivity index (χ1) is 17.2. The van der Waals surface area contributed by atoms with Crippen LogP contribution >= 0.6 is 0 Å². The summed E-state index contributed by atoms with van der Waals surface area (Å²) in [5.41, 5.74) is 2.83. The average molecular weight is 474 g/mol. The number of carbonyl (C=O) groups excluding carboxylic acids is 2. The molecule has 1 N–H and O–H groups in total. The molecule has 2 aromatic carbocycles. The second-order valence-electron chi connectivity index (χ2n) is 9.25. The fourth-order valence-corrected chi connectivity index (χ4v) is 4.79. The molecule has 9 heteroatoms. The monoisotopic (exact) mass is 473 g/mol. The average Bonchev–Trinajstić information content (AvgIpc) is 3.61. The van der Waals surface area contributed by atoms with Crippen molar-refractivity contribution in [2.75, 3.05) is 31.5 Å². The zero-order valence-corrected chi connectivity index (χ0v) is 19.8. The van der Waals surface area contributed by atoms with Crippen LogP contribution in [0, 0.1) is 5.92 Å². The van der Waals surface area contributed by atoms with E-state index >= 15 is 0 Å². The lowest BCUT2D eigenvalue weighted by Crippen LogP contribution is -2.52. The third-order valence-electron chi connectivity index (χ3n) is 6.87. The van der Waals surface area contributed by atoms with E-state index in [0.29, 0.717) is 38.5 Å². The number of piperazine rings is 1. The number of rotatable bonds is 6. The van der Waals surface area contributed by atoms with Gasteiger partial charge in [-0.15, -0.1) is 10.2 Å². The van der Waals surface area contributed by atoms with Crippen LogP contribution in [0.15, 0.2) is 54.6 Å². The second kappa shape index (κ2) is 10.7. The Morgan fingerprint density at radius 2 is 1.57 bits per heavy atom. The van der Waals surface area contributed by atoms with E-state index in [2.05, 4.69) is 20.7 Å². The van der Waals surface area contributed by atoms with Gasteiger partial charge in [-0.25, -0.2) is 4.79 Å². The minimum atomic E-state index is -0.119. The summed E-state index contributed by atoms with van der Waals surface area (Å²) in [5, 5.41) is 15.7. The number of aromatic nitrogens is 4. The fourth-order valence-electron chi connectivity index (χ4n) is 4.79. The summed E-state index contributed by atoms with van der Waals surface area (Å²) >= 11 is 0. The molecule has 0 spiro atoms. The van der Waals surface area contributed by atoms with Crippen molar-refractivity contribution in [2.45, 2.75) is 38.6 Å². The summed E-state index contributed by atoms with van der Waals surface area (Å²) in [6, 6.07) is 17.5. The molecule has 2 heterocycles. The first-order valence-corrected chi connectivity index (χ1v) is 12.4. The number of amides is 3. The van der Waals surface area contributed by atoms with Gasteiger partial charge < -0.3 is 15.1 Å². The smallest absolute Gasteiger partial charge is 0.321 e. The Kier molecular flexibility index (Phi) is 7.02. The summed E-state index contributed by atoms with van der Waals surface area (Å²) in [4.78, 5) is 30.6. The molecule has 1 saturated heterocycles. The molecule has 1 aromatic heterocycles. The highest BCUT2D eigenvalue weighted by Crippen LogP contribution is 2.27. The Balaban J connectivity index is 1.07. The van der Waals surface area contributed by atoms with Gasteiger partial charge in [0, 0.05) is 43.3 Å². The van der Waals surface area contributed by atoms with Crippen LogP contribution in [0.2, 0.25) is 0 Å². The molecule has 2 aliphatic rings. The van der Waals surface area contributed by atoms with Crippen molar-refractivity contribution < 1.29 is 9.59 Å². The van der Waals surface area contributed by atoms with Crippen LogP contribution in [-0.2, 0) is 17.8 Å². The third-order valence-corrected chi connectivity index (χ3v) is 6.87. The van der Waals surface area contributed by atoms with Gasteiger partial charge in [0.2, 0.25) is 11.7 Å². The molecular weight excluding hydrogens is 442 g/mol. The molecule has 0 radical (unpaired) electrons. The van der Waals surface area contributed by atoms with Gasteiger partial charge >= 0.3 is 6.03 Å². The van der Waals surface area contributed by atoms with Crippen LogP contribution in [0.3, 0.4) is 0 Å². The molecule has 0 unspecified atom stereocenters. The number of nitrogens with one attached hydrogen (secondary N) is 1. The predicted octanol–water partition coefficient (Wildman–Crippen LogP) is 3.45. The maximum Gasteiger partial charge on any atom is 0.321 e. The van der Waals surface area contributed by atoms with Crippen LogP contribution in [0.5, 0.6) is 0 Å². The van der Waals surface area contributed by atoms with Gasteiger partial charge in [-0.2, -0.15) is 4.80 Å². The number of anilines is 1. The van der Waals surface area contributed by atoms with E-state index in [1.165, 1.54) is 0 Å². The zero-order chi connectivity index (χ0) is 24.0. The molecule has 9 nitrogen and oxygen atoms in total. The number of nitrogens with zero attached hydrogens (tertiary/aromatic N) is 6. The SMILES string of the molecule is O=C(Nc1ccc(CCn2nnc(-c3ccccc3)n2)cc1)N1CCN(C(=O)C2CCCC2)CC1. The van der Waals surface area contributed by atoms with Crippen molar-refractivity contribution in [3.05, 3.63) is 60.2 Å². The van der Waals surface area contributed by atoms with Crippen LogP contribution in [0.25, 0.3) is 11.4 Å². The van der Waals surface area contributed by atoms with Gasteiger partial charge in [0.05, 0.1) is 6.54 Å². The Morgan fingerprint density at radius 3 is 2.29 bits per heavy atom. The van der Waals surface area contributed by atoms with E-state index in [1.54, 1.807) is 9.70 Å². The molecule has 1 aliphatic carbocycles. The fraction of sp³-hybridized carbons (Fsp3) is 0.423. The summed E-state index contributed by atoms with van der Waals surface area (Å²) < 4.78 is 0. The number of urea groups is 1. The van der Waals surface area contributed by atoms with Crippen molar-refractivity contribution in [1.82, 2.24) is 30.0 Å². The first kappa shape index (κ1) is 23.0. The number of hydrogen-bond acceptors (Lipinski definition) is 5. The quantitative estimate of drug-likeness (QED) is 0.592. The number of hydrogen-bond donors (Lipinski definition) is 1. The Labute approximate surface area is 205 Å². The molecule has 1 aliphatic heterocycles. The highest BCUT2D eigenvalue weighted by Gasteiger charge is 2.30. The van der Waals surface area contributed by atoms with E-state index in [0.717, 1.165) is 48.9 Å². The summed E-state index contributed by atoms with van der Waals surface area (Å²) in [6.45, 7) is 2.99. The predicted molar refractivity (Wildman–Crippen MR) is 133 cm³/mol. The zero-order valence-electron chi connectivity index (χ0n) is 19.8. The van der Waals surface area contributed by atoms with Gasteiger partial charge in [-0.3, -0.25) is 4.79 Å². The highest BCUT2D eigenvalue weighted by atomic mass is 16.2. The molecule has 3 aromatic rings. The van der Waals surface area contributed by atoms with E-state index < -0.39 is 0 Å². The molecule has 5 rings (SSSR count). The molecule has 0 bridgehead atoms. The lowest BCUT2D eigenvalue weighted by atomic mass is 10.1. The van der Waals surface area contributed by atoms with E-state index in [9.17, 15) is 9.59 Å². The summed E-state index contributed by atoms with van der Waals surface area (Å²) in [6.07, 6.45) is 5.10. The van der Waals surface area contributed by atoms with Gasteiger partial charge in [0.15, 0.2) is 0 Å². The Bertz CT molecular complexity index is 1130. The summed E-state index contributed by atoms with van der Waals surface area (Å²) in [7, 11) is 0. The minimum absolute atomic E-state index is 0.119. The normalized spacial score (nSPS) is 16.5. The van der Waals surface area contributed by atoms with Crippen molar-refractivity contribution in [1.29, 1.82) is 0 Å². The second-order valence-corrected chi connectivity index (χ2v) is 9.25. The number of carbonyl (C=O) groups is 2. The van der Waals surface area contributed by atoms with Gasteiger partial charge in [0.25, 0.3) is 0 Å². The molecular formula is C26H31N7O2. The van der Waals surface area contributed by atoms with E-state index in [-0.39, 0.29) is 17.9 Å². The largest absolute Gasteiger partial charge is 0.339 e. The van der Waals surface area contributed by atoms with Crippen LogP contribution in [0.4, 0.5) is 10.5 Å². The molecule has 3 amide bonds. The van der Waals surface area contributed by atoms with Crippen molar-refractivity contribution in [3.63, 3.8) is 0 Å². The number of aryl methyl sites for hydroxylation is 2. The van der Waals surface area contributed by atoms with Crippen LogP contribution in [0.1, 0.15) is 31.2 Å². The maximum absolute atomic E-state index is 12.7. The highest BCUT2D eigenvalue weighted by molar-refractivity contribution is 5.89. The Hall–Kier alpha value is -3.75. The number of benzene rings is 2. The third kappa shape index (κ3) is 5.67. The molecule has 35 heavy (non-hydrogen) atoms. The van der Waals surface area contributed by atoms with E-state index in [1.807, 2.05) is 59.5 Å². The molecule has 0 atom stereocenters. The maximum atomic E-state index is 12.7. The van der Waals surface area contributed by atoms with E-state index in [4.69, 9.17) is 0 Å². The van der Waals surface area contributed by atoms with Gasteiger partial charge in [-0.05, 0) is 42.2 Å². The van der Waals surface area contributed by atoms with Crippen LogP contribution in [-0.4, -0.2) is 68.1 Å². The molecule has 182 valence electrons. The summed E-state index contributed by atoms with van der Waals surface area (Å²) in [5.74, 6) is 1.09. The molecule has 1 saturated carbocycles. The van der Waals surface area contributed by atoms with Crippen molar-refractivity contribution in [2.24, 2.45) is 5.92 Å². The lowest BCUT2D eigenvalue weighted by molar-refractivity contribution is -0.136. The van der Waals surface area contributed by atoms with Crippen molar-refractivity contribution >= 4 is 17.6 Å². The minimum Gasteiger partial charge on any atom is -0.339 e. The first-order valence-electron chi connectivity index (χ1n) is 12.4. The van der Waals surface area contributed by atoms with Crippen molar-refractivity contribution in [3.8, 4) is 11.4 Å².